The molecule has 1 aromatic rings. The highest BCUT2D eigenvalue weighted by Gasteiger charge is 2.29. The van der Waals surface area contributed by atoms with Crippen molar-refractivity contribution in [3.05, 3.63) is 23.8 Å². The zero-order valence-corrected chi connectivity index (χ0v) is 14.0. The van der Waals surface area contributed by atoms with Crippen molar-refractivity contribution in [2.45, 2.75) is 38.4 Å². The zero-order valence-electron chi connectivity index (χ0n) is 14.0. The number of aryl methyl sites for hydroxylation is 1. The number of rotatable bonds is 8. The predicted molar refractivity (Wildman–Crippen MR) is 84.1 cm³/mol. The Balaban J connectivity index is 2.59. The van der Waals surface area contributed by atoms with Gasteiger partial charge >= 0.3 is 6.18 Å². The van der Waals surface area contributed by atoms with Crippen LogP contribution in [0.5, 0.6) is 11.5 Å². The van der Waals surface area contributed by atoms with Crippen LogP contribution >= 0.6 is 0 Å². The van der Waals surface area contributed by atoms with Gasteiger partial charge in [-0.3, -0.25) is 4.79 Å². The zero-order chi connectivity index (χ0) is 18.4. The molecule has 136 valence electrons. The van der Waals surface area contributed by atoms with E-state index in [9.17, 15) is 18.0 Å². The van der Waals surface area contributed by atoms with E-state index in [2.05, 4.69) is 5.32 Å². The van der Waals surface area contributed by atoms with Gasteiger partial charge in [-0.2, -0.15) is 13.2 Å². The third kappa shape index (κ3) is 8.05. The molecule has 5 nitrogen and oxygen atoms in total. The van der Waals surface area contributed by atoms with Crippen molar-refractivity contribution in [1.29, 1.82) is 0 Å². The number of carbonyl (C=O) groups is 1. The van der Waals surface area contributed by atoms with E-state index in [1.165, 1.54) is 13.2 Å². The number of methoxy groups -OCH3 is 1. The fraction of sp³-hybridized carbons (Fsp3) is 0.562. The monoisotopic (exact) mass is 348 g/mol. The maximum absolute atomic E-state index is 12.2. The molecule has 0 aliphatic carbocycles. The molecule has 0 spiro atoms. The standard InChI is InChI=1S/C16H23F3N2O3/c1-15(2,20)9-21-14(22)7-5-11-4-6-12(13(8-11)23-3)24-10-16(17,18)19/h4,6,8H,5,7,9-10,20H2,1-3H3,(H,21,22). The Labute approximate surface area is 139 Å². The minimum absolute atomic E-state index is 0.00732. The summed E-state index contributed by atoms with van der Waals surface area (Å²) in [6.45, 7) is 2.58. The van der Waals surface area contributed by atoms with E-state index in [-0.39, 0.29) is 23.8 Å². The van der Waals surface area contributed by atoms with Crippen LogP contribution in [0, 0.1) is 0 Å². The first-order valence-corrected chi connectivity index (χ1v) is 7.42. The van der Waals surface area contributed by atoms with Crippen molar-refractivity contribution in [2.24, 2.45) is 5.73 Å². The lowest BCUT2D eigenvalue weighted by atomic mass is 10.1. The van der Waals surface area contributed by atoms with E-state index in [1.807, 2.05) is 0 Å². The van der Waals surface area contributed by atoms with Crippen molar-refractivity contribution in [1.82, 2.24) is 5.32 Å². The molecule has 1 aromatic carbocycles. The van der Waals surface area contributed by atoms with Crippen molar-refractivity contribution in [3.8, 4) is 11.5 Å². The van der Waals surface area contributed by atoms with Crippen molar-refractivity contribution < 1.29 is 27.4 Å². The molecule has 3 N–H and O–H groups in total. The summed E-state index contributed by atoms with van der Waals surface area (Å²) in [5.41, 5.74) is 6.05. The normalized spacial score (nSPS) is 12.0. The minimum Gasteiger partial charge on any atom is -0.493 e. The van der Waals surface area contributed by atoms with Crippen LogP contribution in [0.4, 0.5) is 13.2 Å². The fourth-order valence-electron chi connectivity index (χ4n) is 1.82. The number of alkyl halides is 3. The number of hydrogen-bond donors (Lipinski definition) is 2. The van der Waals surface area contributed by atoms with Crippen LogP contribution in [-0.2, 0) is 11.2 Å². The van der Waals surface area contributed by atoms with Crippen LogP contribution < -0.4 is 20.5 Å². The fourth-order valence-corrected chi connectivity index (χ4v) is 1.82. The molecule has 0 aliphatic heterocycles. The highest BCUT2D eigenvalue weighted by atomic mass is 19.4. The number of nitrogens with one attached hydrogen (secondary N) is 1. The van der Waals surface area contributed by atoms with Gasteiger partial charge in [0.15, 0.2) is 18.1 Å². The number of benzene rings is 1. The Morgan fingerprint density at radius 1 is 1.25 bits per heavy atom. The third-order valence-corrected chi connectivity index (χ3v) is 3.00. The number of halogens is 3. The van der Waals surface area contributed by atoms with Gasteiger partial charge in [-0.1, -0.05) is 6.07 Å². The SMILES string of the molecule is COc1cc(CCC(=O)NCC(C)(C)N)ccc1OCC(F)(F)F. The summed E-state index contributed by atoms with van der Waals surface area (Å²) < 4.78 is 46.4. The lowest BCUT2D eigenvalue weighted by Crippen LogP contribution is -2.45. The molecule has 1 amide bonds. The van der Waals surface area contributed by atoms with Crippen LogP contribution in [-0.4, -0.2) is 37.9 Å². The molecule has 8 heteroatoms. The molecule has 0 atom stereocenters. The number of ether oxygens (including phenoxy) is 2. The molecule has 0 saturated heterocycles. The molecule has 24 heavy (non-hydrogen) atoms. The van der Waals surface area contributed by atoms with Gasteiger partial charge in [-0.05, 0) is 38.0 Å². The Morgan fingerprint density at radius 3 is 2.46 bits per heavy atom. The van der Waals surface area contributed by atoms with Crippen LogP contribution in [0.2, 0.25) is 0 Å². The third-order valence-electron chi connectivity index (χ3n) is 3.00. The topological polar surface area (TPSA) is 73.6 Å². The highest BCUT2D eigenvalue weighted by molar-refractivity contribution is 5.76. The van der Waals surface area contributed by atoms with E-state index < -0.39 is 18.3 Å². The first-order chi connectivity index (χ1) is 11.0. The van der Waals surface area contributed by atoms with Crippen LogP contribution in [0.15, 0.2) is 18.2 Å². The number of nitrogens with two attached hydrogens (primary N) is 1. The van der Waals surface area contributed by atoms with Gasteiger partial charge < -0.3 is 20.5 Å². The lowest BCUT2D eigenvalue weighted by Gasteiger charge is -2.18. The number of amides is 1. The summed E-state index contributed by atoms with van der Waals surface area (Å²) in [7, 11) is 1.34. The van der Waals surface area contributed by atoms with Gasteiger partial charge in [0.25, 0.3) is 0 Å². The van der Waals surface area contributed by atoms with Gasteiger partial charge in [-0.15, -0.1) is 0 Å². The summed E-state index contributed by atoms with van der Waals surface area (Å²) in [4.78, 5) is 11.7. The summed E-state index contributed by atoms with van der Waals surface area (Å²) in [6, 6.07) is 4.57. The summed E-state index contributed by atoms with van der Waals surface area (Å²) in [6.07, 6.45) is -3.76. The van der Waals surface area contributed by atoms with Crippen LogP contribution in [0.1, 0.15) is 25.8 Å². The Bertz CT molecular complexity index is 554. The van der Waals surface area contributed by atoms with Crippen molar-refractivity contribution in [3.63, 3.8) is 0 Å². The lowest BCUT2D eigenvalue weighted by molar-refractivity contribution is -0.153. The Kier molecular flexibility index (Phi) is 6.89. The largest absolute Gasteiger partial charge is 0.493 e. The molecule has 0 unspecified atom stereocenters. The van der Waals surface area contributed by atoms with Gasteiger partial charge in [0, 0.05) is 18.5 Å². The molecular weight excluding hydrogens is 325 g/mol. The molecule has 0 saturated carbocycles. The molecule has 0 aromatic heterocycles. The van der Waals surface area contributed by atoms with Crippen molar-refractivity contribution in [2.75, 3.05) is 20.3 Å². The maximum atomic E-state index is 12.2. The second-order valence-corrected chi connectivity index (χ2v) is 6.15. The smallest absolute Gasteiger partial charge is 0.422 e. The summed E-state index contributed by atoms with van der Waals surface area (Å²) in [5.74, 6) is 0.0537. The molecular formula is C16H23F3N2O3. The molecule has 0 bridgehead atoms. The molecule has 1 rings (SSSR count). The number of carbonyl (C=O) groups excluding carboxylic acids is 1. The second-order valence-electron chi connectivity index (χ2n) is 6.15. The number of hydrogen-bond acceptors (Lipinski definition) is 4. The van der Waals surface area contributed by atoms with E-state index in [0.29, 0.717) is 13.0 Å². The van der Waals surface area contributed by atoms with Crippen LogP contribution in [0.25, 0.3) is 0 Å². The highest BCUT2D eigenvalue weighted by Crippen LogP contribution is 2.30. The van der Waals surface area contributed by atoms with Gasteiger partial charge in [0.2, 0.25) is 5.91 Å². The molecule has 0 aliphatic rings. The Hall–Kier alpha value is -1.96. The molecule has 0 radical (unpaired) electrons. The van der Waals surface area contributed by atoms with E-state index in [1.54, 1.807) is 26.0 Å². The van der Waals surface area contributed by atoms with E-state index in [4.69, 9.17) is 15.2 Å². The quantitative estimate of drug-likeness (QED) is 0.757. The van der Waals surface area contributed by atoms with Gasteiger partial charge in [0.1, 0.15) is 0 Å². The molecule has 0 fully saturated rings. The maximum Gasteiger partial charge on any atom is 0.422 e. The van der Waals surface area contributed by atoms with Gasteiger partial charge in [-0.25, -0.2) is 0 Å². The van der Waals surface area contributed by atoms with E-state index in [0.717, 1.165) is 5.56 Å². The Morgan fingerprint density at radius 2 is 1.92 bits per heavy atom. The average Bonchev–Trinajstić information content (AvgIpc) is 2.47. The van der Waals surface area contributed by atoms with Gasteiger partial charge in [0.05, 0.1) is 7.11 Å². The van der Waals surface area contributed by atoms with Crippen molar-refractivity contribution >= 4 is 5.91 Å². The summed E-state index contributed by atoms with van der Waals surface area (Å²) >= 11 is 0. The van der Waals surface area contributed by atoms with Crippen LogP contribution in [0.3, 0.4) is 0 Å². The minimum atomic E-state index is -4.42. The first-order valence-electron chi connectivity index (χ1n) is 7.42. The van der Waals surface area contributed by atoms with E-state index >= 15 is 0 Å². The average molecular weight is 348 g/mol. The summed E-state index contributed by atoms with van der Waals surface area (Å²) in [5, 5.41) is 2.72. The predicted octanol–water partition coefficient (Wildman–Crippen LogP) is 2.42. The molecule has 0 heterocycles. The second kappa shape index (κ2) is 8.23. The first kappa shape index (κ1) is 20.1.